The van der Waals surface area contributed by atoms with Crippen molar-refractivity contribution in [1.29, 1.82) is 0 Å². The number of carbonyl (C=O) groups excluding carboxylic acids is 2. The molecular weight excluding hydrogens is 176 g/mol. The van der Waals surface area contributed by atoms with Gasteiger partial charge in [-0.05, 0) is 12.0 Å². The molecule has 0 atom stereocenters. The zero-order valence-corrected chi connectivity index (χ0v) is 8.54. The summed E-state index contributed by atoms with van der Waals surface area (Å²) in [6, 6.07) is 7.24. The molecule has 1 rings (SSSR count). The molecule has 0 aliphatic heterocycles. The Hall–Kier alpha value is -1.44. The van der Waals surface area contributed by atoms with E-state index in [4.69, 9.17) is 0 Å². The van der Waals surface area contributed by atoms with Crippen LogP contribution in [0.15, 0.2) is 24.3 Å². The quantitative estimate of drug-likeness (QED) is 0.539. The van der Waals surface area contributed by atoms with Crippen molar-refractivity contribution in [3.05, 3.63) is 35.4 Å². The Bertz CT molecular complexity index is 336. The van der Waals surface area contributed by atoms with Gasteiger partial charge in [0.1, 0.15) is 0 Å². The topological polar surface area (TPSA) is 34.1 Å². The molecule has 0 aliphatic carbocycles. The predicted molar refractivity (Wildman–Crippen MR) is 55.4 cm³/mol. The molecule has 0 fully saturated rings. The van der Waals surface area contributed by atoms with Crippen LogP contribution in [0.1, 0.15) is 36.2 Å². The third kappa shape index (κ3) is 2.52. The standard InChI is InChI=1S/C12H14O2/c1-3-4-10-5-7-11(8-6-10)12(14)9(2)13/h5-8H,3-4H2,1-2H3. The van der Waals surface area contributed by atoms with Crippen LogP contribution in [0, 0.1) is 0 Å². The van der Waals surface area contributed by atoms with E-state index in [0.29, 0.717) is 5.56 Å². The first kappa shape index (κ1) is 10.6. The van der Waals surface area contributed by atoms with Crippen molar-refractivity contribution in [2.45, 2.75) is 26.7 Å². The number of hydrogen-bond acceptors (Lipinski definition) is 2. The average molecular weight is 190 g/mol. The lowest BCUT2D eigenvalue weighted by molar-refractivity contribution is -0.113. The van der Waals surface area contributed by atoms with Crippen molar-refractivity contribution in [3.8, 4) is 0 Å². The van der Waals surface area contributed by atoms with Crippen LogP contribution in [0.2, 0.25) is 0 Å². The van der Waals surface area contributed by atoms with E-state index in [2.05, 4.69) is 6.92 Å². The van der Waals surface area contributed by atoms with Gasteiger partial charge in [0, 0.05) is 12.5 Å². The summed E-state index contributed by atoms with van der Waals surface area (Å²) in [7, 11) is 0. The zero-order chi connectivity index (χ0) is 10.6. The maximum Gasteiger partial charge on any atom is 0.228 e. The normalized spacial score (nSPS) is 9.86. The van der Waals surface area contributed by atoms with Crippen molar-refractivity contribution < 1.29 is 9.59 Å². The van der Waals surface area contributed by atoms with Crippen LogP contribution < -0.4 is 0 Å². The van der Waals surface area contributed by atoms with Gasteiger partial charge >= 0.3 is 0 Å². The van der Waals surface area contributed by atoms with Crippen molar-refractivity contribution in [2.75, 3.05) is 0 Å². The van der Waals surface area contributed by atoms with Gasteiger partial charge in [-0.2, -0.15) is 0 Å². The Morgan fingerprint density at radius 1 is 1.14 bits per heavy atom. The molecule has 0 unspecified atom stereocenters. The first-order valence-corrected chi connectivity index (χ1v) is 4.79. The van der Waals surface area contributed by atoms with E-state index in [-0.39, 0.29) is 0 Å². The van der Waals surface area contributed by atoms with Gasteiger partial charge in [-0.15, -0.1) is 0 Å². The Labute approximate surface area is 83.9 Å². The van der Waals surface area contributed by atoms with Gasteiger partial charge in [0.25, 0.3) is 0 Å². The van der Waals surface area contributed by atoms with E-state index in [1.807, 2.05) is 12.1 Å². The summed E-state index contributed by atoms with van der Waals surface area (Å²) in [5.41, 5.74) is 1.69. The van der Waals surface area contributed by atoms with E-state index in [1.54, 1.807) is 12.1 Å². The van der Waals surface area contributed by atoms with Gasteiger partial charge in [-0.25, -0.2) is 0 Å². The maximum atomic E-state index is 11.3. The van der Waals surface area contributed by atoms with E-state index >= 15 is 0 Å². The number of hydrogen-bond donors (Lipinski definition) is 0. The highest BCUT2D eigenvalue weighted by Crippen LogP contribution is 2.07. The largest absolute Gasteiger partial charge is 0.291 e. The Morgan fingerprint density at radius 2 is 1.71 bits per heavy atom. The van der Waals surface area contributed by atoms with E-state index in [1.165, 1.54) is 12.5 Å². The van der Waals surface area contributed by atoms with Gasteiger partial charge in [0.05, 0.1) is 0 Å². The van der Waals surface area contributed by atoms with Crippen LogP contribution in [-0.2, 0) is 11.2 Å². The molecule has 0 amide bonds. The lowest BCUT2D eigenvalue weighted by Crippen LogP contribution is -2.09. The summed E-state index contributed by atoms with van der Waals surface area (Å²) in [4.78, 5) is 22.1. The van der Waals surface area contributed by atoms with E-state index in [9.17, 15) is 9.59 Å². The molecule has 2 heteroatoms. The number of aryl methyl sites for hydroxylation is 1. The minimum Gasteiger partial charge on any atom is -0.291 e. The van der Waals surface area contributed by atoms with Crippen LogP contribution >= 0.6 is 0 Å². The molecule has 0 radical (unpaired) electrons. The summed E-state index contributed by atoms with van der Waals surface area (Å²) in [5.74, 6) is -0.818. The third-order valence-corrected chi connectivity index (χ3v) is 2.07. The van der Waals surface area contributed by atoms with Crippen LogP contribution in [0.3, 0.4) is 0 Å². The van der Waals surface area contributed by atoms with Crippen molar-refractivity contribution >= 4 is 11.6 Å². The second-order valence-electron chi connectivity index (χ2n) is 3.33. The molecule has 0 aromatic heterocycles. The highest BCUT2D eigenvalue weighted by molar-refractivity contribution is 6.42. The lowest BCUT2D eigenvalue weighted by atomic mass is 10.0. The minimum atomic E-state index is -0.409. The van der Waals surface area contributed by atoms with Gasteiger partial charge in [0.15, 0.2) is 5.78 Å². The predicted octanol–water partition coefficient (Wildman–Crippen LogP) is 2.41. The molecule has 0 saturated carbocycles. The van der Waals surface area contributed by atoms with E-state index < -0.39 is 11.6 Å². The molecule has 0 aliphatic rings. The highest BCUT2D eigenvalue weighted by Gasteiger charge is 2.09. The number of ketones is 2. The molecule has 0 N–H and O–H groups in total. The summed E-state index contributed by atoms with van der Waals surface area (Å²) in [6.07, 6.45) is 2.09. The molecule has 0 spiro atoms. The number of carbonyl (C=O) groups is 2. The number of benzene rings is 1. The van der Waals surface area contributed by atoms with Gasteiger partial charge in [-0.1, -0.05) is 37.6 Å². The molecule has 0 saturated heterocycles. The van der Waals surface area contributed by atoms with Gasteiger partial charge in [0.2, 0.25) is 5.78 Å². The number of Topliss-reactive ketones (excluding diaryl/α,β-unsaturated/α-hetero) is 2. The summed E-state index contributed by atoms with van der Waals surface area (Å²) in [5, 5.41) is 0. The fourth-order valence-corrected chi connectivity index (χ4v) is 1.31. The molecule has 1 aromatic carbocycles. The van der Waals surface area contributed by atoms with Crippen LogP contribution in [-0.4, -0.2) is 11.6 Å². The Morgan fingerprint density at radius 3 is 2.14 bits per heavy atom. The van der Waals surface area contributed by atoms with Gasteiger partial charge < -0.3 is 0 Å². The van der Waals surface area contributed by atoms with E-state index in [0.717, 1.165) is 12.8 Å². The first-order chi connectivity index (χ1) is 6.65. The van der Waals surface area contributed by atoms with Crippen LogP contribution in [0.5, 0.6) is 0 Å². The lowest BCUT2D eigenvalue weighted by Gasteiger charge is -2.00. The van der Waals surface area contributed by atoms with Crippen molar-refractivity contribution in [2.24, 2.45) is 0 Å². The van der Waals surface area contributed by atoms with Crippen molar-refractivity contribution in [3.63, 3.8) is 0 Å². The fourth-order valence-electron chi connectivity index (χ4n) is 1.31. The monoisotopic (exact) mass is 190 g/mol. The Kier molecular flexibility index (Phi) is 3.57. The van der Waals surface area contributed by atoms with Crippen LogP contribution in [0.25, 0.3) is 0 Å². The number of rotatable bonds is 4. The van der Waals surface area contributed by atoms with Crippen molar-refractivity contribution in [1.82, 2.24) is 0 Å². The summed E-state index contributed by atoms with van der Waals surface area (Å²) in [6.45, 7) is 3.40. The molecular formula is C12H14O2. The molecule has 0 bridgehead atoms. The highest BCUT2D eigenvalue weighted by atomic mass is 16.2. The molecule has 1 aromatic rings. The van der Waals surface area contributed by atoms with Crippen LogP contribution in [0.4, 0.5) is 0 Å². The second kappa shape index (κ2) is 4.70. The van der Waals surface area contributed by atoms with Gasteiger partial charge in [-0.3, -0.25) is 9.59 Å². The minimum absolute atomic E-state index is 0.409. The molecule has 14 heavy (non-hydrogen) atoms. The summed E-state index contributed by atoms with van der Waals surface area (Å²) < 4.78 is 0. The molecule has 2 nitrogen and oxygen atoms in total. The SMILES string of the molecule is CCCc1ccc(C(=O)C(C)=O)cc1. The molecule has 0 heterocycles. The summed E-state index contributed by atoms with van der Waals surface area (Å²) >= 11 is 0. The average Bonchev–Trinajstić information content (AvgIpc) is 2.18. The fraction of sp³-hybridized carbons (Fsp3) is 0.333. The smallest absolute Gasteiger partial charge is 0.228 e. The zero-order valence-electron chi connectivity index (χ0n) is 8.54. The second-order valence-corrected chi connectivity index (χ2v) is 3.33. The maximum absolute atomic E-state index is 11.3. The molecule has 74 valence electrons. The Balaban J connectivity index is 2.83. The first-order valence-electron chi connectivity index (χ1n) is 4.79. The third-order valence-electron chi connectivity index (χ3n) is 2.07.